The number of hydrogen-bond acceptors (Lipinski definition) is 5. The Balaban J connectivity index is 3.65. The van der Waals surface area contributed by atoms with Gasteiger partial charge in [0.05, 0.1) is 19.2 Å². The molecule has 96 valence electrons. The standard InChI is InChI=1S/C11H10ClNO5/c1-6(15)7-5-13(3-4-14)9(11(17)18-2)8(12)10(7)16/h4-5H,3H2,1-2H3. The summed E-state index contributed by atoms with van der Waals surface area (Å²) in [6.07, 6.45) is 1.63. The summed E-state index contributed by atoms with van der Waals surface area (Å²) in [5.74, 6) is -1.35. The van der Waals surface area contributed by atoms with Crippen LogP contribution in [0.2, 0.25) is 5.02 Å². The number of esters is 1. The van der Waals surface area contributed by atoms with Crippen LogP contribution in [0.3, 0.4) is 0 Å². The number of aldehydes is 1. The third kappa shape index (κ3) is 2.48. The van der Waals surface area contributed by atoms with Crippen molar-refractivity contribution in [1.82, 2.24) is 4.57 Å². The summed E-state index contributed by atoms with van der Waals surface area (Å²) in [7, 11) is 1.12. The second kappa shape index (κ2) is 5.59. The van der Waals surface area contributed by atoms with E-state index in [0.717, 1.165) is 17.9 Å². The van der Waals surface area contributed by atoms with Crippen molar-refractivity contribution in [3.63, 3.8) is 0 Å². The molecule has 0 bridgehead atoms. The average Bonchev–Trinajstić information content (AvgIpc) is 2.33. The lowest BCUT2D eigenvalue weighted by molar-refractivity contribution is -0.108. The van der Waals surface area contributed by atoms with Gasteiger partial charge in [-0.15, -0.1) is 0 Å². The number of carbonyl (C=O) groups is 3. The highest BCUT2D eigenvalue weighted by molar-refractivity contribution is 6.33. The molecule has 1 aromatic rings. The number of aromatic nitrogens is 1. The van der Waals surface area contributed by atoms with Gasteiger partial charge in [0.1, 0.15) is 11.3 Å². The van der Waals surface area contributed by atoms with E-state index in [4.69, 9.17) is 11.6 Å². The van der Waals surface area contributed by atoms with Gasteiger partial charge in [0.25, 0.3) is 0 Å². The van der Waals surface area contributed by atoms with Gasteiger partial charge < -0.3 is 14.1 Å². The van der Waals surface area contributed by atoms with Gasteiger partial charge >= 0.3 is 5.97 Å². The molecule has 0 radical (unpaired) electrons. The van der Waals surface area contributed by atoms with E-state index in [9.17, 15) is 19.2 Å². The highest BCUT2D eigenvalue weighted by atomic mass is 35.5. The molecule has 0 N–H and O–H groups in total. The molecular weight excluding hydrogens is 262 g/mol. The van der Waals surface area contributed by atoms with Crippen molar-refractivity contribution < 1.29 is 19.1 Å². The Hall–Kier alpha value is -1.95. The maximum Gasteiger partial charge on any atom is 0.356 e. The number of ether oxygens (including phenoxy) is 1. The van der Waals surface area contributed by atoms with E-state index in [-0.39, 0.29) is 17.8 Å². The predicted molar refractivity (Wildman–Crippen MR) is 63.1 cm³/mol. The van der Waals surface area contributed by atoms with Gasteiger partial charge in [-0.25, -0.2) is 4.79 Å². The number of methoxy groups -OCH3 is 1. The van der Waals surface area contributed by atoms with E-state index in [0.29, 0.717) is 6.29 Å². The molecule has 0 amide bonds. The summed E-state index contributed by atoms with van der Waals surface area (Å²) in [5, 5.41) is -0.434. The Morgan fingerprint density at radius 2 is 2.11 bits per heavy atom. The number of halogens is 1. The van der Waals surface area contributed by atoms with E-state index in [1.165, 1.54) is 6.92 Å². The SMILES string of the molecule is COC(=O)c1c(Cl)c(=O)c(C(C)=O)cn1CC=O. The Labute approximate surface area is 107 Å². The molecule has 0 aromatic carbocycles. The van der Waals surface area contributed by atoms with Crippen LogP contribution < -0.4 is 5.43 Å². The zero-order valence-corrected chi connectivity index (χ0v) is 10.5. The Kier molecular flexibility index (Phi) is 4.38. The van der Waals surface area contributed by atoms with Gasteiger partial charge in [-0.3, -0.25) is 9.59 Å². The molecule has 0 aliphatic carbocycles. The van der Waals surface area contributed by atoms with Gasteiger partial charge in [0, 0.05) is 6.20 Å². The van der Waals surface area contributed by atoms with Crippen LogP contribution in [0, 0.1) is 0 Å². The molecule has 0 fully saturated rings. The highest BCUT2D eigenvalue weighted by Gasteiger charge is 2.22. The number of ketones is 1. The molecule has 0 spiro atoms. The molecule has 18 heavy (non-hydrogen) atoms. The van der Waals surface area contributed by atoms with Crippen molar-refractivity contribution in [2.24, 2.45) is 0 Å². The molecule has 7 heteroatoms. The molecule has 1 heterocycles. The van der Waals surface area contributed by atoms with Crippen LogP contribution in [0.15, 0.2) is 11.0 Å². The maximum atomic E-state index is 11.7. The normalized spacial score (nSPS) is 9.94. The first-order valence-electron chi connectivity index (χ1n) is 4.89. The minimum atomic E-state index is -0.853. The van der Waals surface area contributed by atoms with Crippen LogP contribution in [-0.4, -0.2) is 29.7 Å². The number of nitrogens with zero attached hydrogens (tertiary/aromatic N) is 1. The van der Waals surface area contributed by atoms with Gasteiger partial charge in [0.2, 0.25) is 5.43 Å². The summed E-state index contributed by atoms with van der Waals surface area (Å²) >= 11 is 5.75. The minimum absolute atomic E-state index is 0.186. The molecule has 0 aliphatic rings. The lowest BCUT2D eigenvalue weighted by atomic mass is 10.1. The molecule has 6 nitrogen and oxygen atoms in total. The van der Waals surface area contributed by atoms with Crippen LogP contribution >= 0.6 is 11.6 Å². The Morgan fingerprint density at radius 1 is 1.50 bits per heavy atom. The predicted octanol–water partition coefficient (Wildman–Crippen LogP) is 0.690. The third-order valence-corrected chi connectivity index (χ3v) is 2.60. The summed E-state index contributed by atoms with van der Waals surface area (Å²) in [5.41, 5.74) is -1.19. The number of carbonyl (C=O) groups excluding carboxylic acids is 3. The fraction of sp³-hybridized carbons (Fsp3) is 0.273. The second-order valence-electron chi connectivity index (χ2n) is 3.40. The lowest BCUT2D eigenvalue weighted by Crippen LogP contribution is -2.24. The Bertz CT molecular complexity index is 576. The van der Waals surface area contributed by atoms with Crippen molar-refractivity contribution in [3.8, 4) is 0 Å². The molecule has 0 saturated carbocycles. The first kappa shape index (κ1) is 14.1. The fourth-order valence-electron chi connectivity index (χ4n) is 1.41. The van der Waals surface area contributed by atoms with Crippen LogP contribution in [0.1, 0.15) is 27.8 Å². The number of rotatable bonds is 4. The molecule has 0 saturated heterocycles. The first-order chi connectivity index (χ1) is 8.43. The van der Waals surface area contributed by atoms with Gasteiger partial charge in [0.15, 0.2) is 11.5 Å². The number of Topliss-reactive ketones (excluding diaryl/α,β-unsaturated/α-hetero) is 1. The smallest absolute Gasteiger partial charge is 0.356 e. The lowest BCUT2D eigenvalue weighted by Gasteiger charge is -2.12. The van der Waals surface area contributed by atoms with E-state index >= 15 is 0 Å². The quantitative estimate of drug-likeness (QED) is 0.457. The van der Waals surface area contributed by atoms with Crippen molar-refractivity contribution in [1.29, 1.82) is 0 Å². The van der Waals surface area contributed by atoms with E-state index in [1.54, 1.807) is 0 Å². The average molecular weight is 272 g/mol. The maximum absolute atomic E-state index is 11.7. The van der Waals surface area contributed by atoms with E-state index < -0.39 is 22.2 Å². The fourth-order valence-corrected chi connectivity index (χ4v) is 1.70. The van der Waals surface area contributed by atoms with E-state index in [2.05, 4.69) is 4.74 Å². The van der Waals surface area contributed by atoms with Crippen LogP contribution in [0.5, 0.6) is 0 Å². The molecular formula is C11H10ClNO5. The van der Waals surface area contributed by atoms with Crippen molar-refractivity contribution in [3.05, 3.63) is 32.7 Å². The molecule has 0 atom stereocenters. The number of pyridine rings is 1. The zero-order valence-electron chi connectivity index (χ0n) is 9.73. The van der Waals surface area contributed by atoms with E-state index in [1.807, 2.05) is 0 Å². The Morgan fingerprint density at radius 3 is 2.56 bits per heavy atom. The summed E-state index contributed by atoms with van der Waals surface area (Å²) in [4.78, 5) is 45.0. The zero-order chi connectivity index (χ0) is 13.9. The van der Waals surface area contributed by atoms with Gasteiger partial charge in [-0.05, 0) is 6.92 Å². The highest BCUT2D eigenvalue weighted by Crippen LogP contribution is 2.14. The topological polar surface area (TPSA) is 82.4 Å². The van der Waals surface area contributed by atoms with Gasteiger partial charge in [-0.2, -0.15) is 0 Å². The van der Waals surface area contributed by atoms with Crippen LogP contribution in [0.25, 0.3) is 0 Å². The van der Waals surface area contributed by atoms with Crippen molar-refractivity contribution in [2.45, 2.75) is 13.5 Å². The second-order valence-corrected chi connectivity index (χ2v) is 3.78. The summed E-state index contributed by atoms with van der Waals surface area (Å²) in [6.45, 7) is 0.973. The minimum Gasteiger partial charge on any atom is -0.464 e. The number of hydrogen-bond donors (Lipinski definition) is 0. The first-order valence-corrected chi connectivity index (χ1v) is 5.27. The molecule has 1 aromatic heterocycles. The molecule has 1 rings (SSSR count). The molecule has 0 unspecified atom stereocenters. The van der Waals surface area contributed by atoms with Crippen LogP contribution in [0.4, 0.5) is 0 Å². The largest absolute Gasteiger partial charge is 0.464 e. The molecule has 0 aliphatic heterocycles. The van der Waals surface area contributed by atoms with Crippen molar-refractivity contribution >= 4 is 29.6 Å². The third-order valence-electron chi connectivity index (χ3n) is 2.25. The van der Waals surface area contributed by atoms with Crippen LogP contribution in [-0.2, 0) is 16.1 Å². The summed E-state index contributed by atoms with van der Waals surface area (Å²) < 4.78 is 5.59. The van der Waals surface area contributed by atoms with Gasteiger partial charge in [-0.1, -0.05) is 11.6 Å². The summed E-state index contributed by atoms with van der Waals surface area (Å²) in [6, 6.07) is 0. The van der Waals surface area contributed by atoms with Crippen molar-refractivity contribution in [2.75, 3.05) is 7.11 Å². The monoisotopic (exact) mass is 271 g/mol.